The zero-order valence-corrected chi connectivity index (χ0v) is 19.4. The third-order valence-corrected chi connectivity index (χ3v) is 6.96. The highest BCUT2D eigenvalue weighted by atomic mass is 35.5. The third kappa shape index (κ3) is 3.56. The number of hydrogen-bond acceptors (Lipinski definition) is 0. The van der Waals surface area contributed by atoms with Gasteiger partial charge in [-0.2, -0.15) is 0 Å². The van der Waals surface area contributed by atoms with Crippen LogP contribution in [0.2, 0.25) is 10.0 Å². The maximum Gasteiger partial charge on any atom is 0.0406 e. The quantitative estimate of drug-likeness (QED) is 0.245. The van der Waals surface area contributed by atoms with Crippen LogP contribution in [0.4, 0.5) is 0 Å². The zero-order valence-electron chi connectivity index (χ0n) is 17.9. The molecule has 0 nitrogen and oxygen atoms in total. The first-order chi connectivity index (χ1) is 16.2. The van der Waals surface area contributed by atoms with Gasteiger partial charge in [0.05, 0.1) is 0 Å². The number of hydrogen-bond donors (Lipinski definition) is 0. The lowest BCUT2D eigenvalue weighted by atomic mass is 9.82. The minimum absolute atomic E-state index is 0.738. The molecule has 0 saturated carbocycles. The summed E-state index contributed by atoms with van der Waals surface area (Å²) in [7, 11) is 0. The van der Waals surface area contributed by atoms with Crippen molar-refractivity contribution in [2.24, 2.45) is 0 Å². The summed E-state index contributed by atoms with van der Waals surface area (Å²) in [6.07, 6.45) is 0.928. The molecule has 0 bridgehead atoms. The standard InChI is InChI=1S/C31H20Cl2/c32-24-14-10-20(11-15-24)27-19-28-26-9-5-4-8-23(26)18-29(28)31(21-6-2-1-3-7-21)30(27)22-12-16-25(33)17-13-22/h1-17,19H,18H2. The minimum Gasteiger partial charge on any atom is -0.0843 e. The Hall–Kier alpha value is -3.32. The van der Waals surface area contributed by atoms with E-state index in [1.54, 1.807) is 0 Å². The third-order valence-electron chi connectivity index (χ3n) is 6.46. The Balaban J connectivity index is 1.75. The summed E-state index contributed by atoms with van der Waals surface area (Å²) in [4.78, 5) is 0. The molecule has 1 aliphatic carbocycles. The highest BCUT2D eigenvalue weighted by Gasteiger charge is 2.27. The minimum atomic E-state index is 0.738. The highest BCUT2D eigenvalue weighted by molar-refractivity contribution is 6.31. The van der Waals surface area contributed by atoms with E-state index in [2.05, 4.69) is 84.9 Å². The maximum absolute atomic E-state index is 6.27. The van der Waals surface area contributed by atoms with Gasteiger partial charge in [-0.05, 0) is 92.4 Å². The molecular weight excluding hydrogens is 443 g/mol. The van der Waals surface area contributed by atoms with Crippen molar-refractivity contribution in [1.82, 2.24) is 0 Å². The molecule has 0 N–H and O–H groups in total. The van der Waals surface area contributed by atoms with E-state index in [4.69, 9.17) is 23.2 Å². The van der Waals surface area contributed by atoms with Crippen LogP contribution < -0.4 is 0 Å². The SMILES string of the molecule is Clc1ccc(-c2cc3c(c(-c4ccccc4)c2-c2ccc(Cl)cc2)Cc2ccccc2-3)cc1. The van der Waals surface area contributed by atoms with Gasteiger partial charge in [0.2, 0.25) is 0 Å². The fourth-order valence-corrected chi connectivity index (χ4v) is 5.22. The lowest BCUT2D eigenvalue weighted by Gasteiger charge is -2.21. The van der Waals surface area contributed by atoms with E-state index in [1.807, 2.05) is 24.3 Å². The maximum atomic E-state index is 6.27. The molecular formula is C31H20Cl2. The van der Waals surface area contributed by atoms with Crippen molar-refractivity contribution in [3.05, 3.63) is 130 Å². The van der Waals surface area contributed by atoms with Crippen LogP contribution in [-0.4, -0.2) is 0 Å². The number of benzene rings is 5. The predicted octanol–water partition coefficient (Wildman–Crippen LogP) is 9.57. The van der Waals surface area contributed by atoms with Gasteiger partial charge in [0.25, 0.3) is 0 Å². The molecule has 6 rings (SSSR count). The van der Waals surface area contributed by atoms with Crippen molar-refractivity contribution >= 4 is 23.2 Å². The zero-order chi connectivity index (χ0) is 22.4. The lowest BCUT2D eigenvalue weighted by molar-refractivity contribution is 1.26. The van der Waals surface area contributed by atoms with E-state index in [0.29, 0.717) is 0 Å². The Kier molecular flexibility index (Phi) is 5.06. The largest absolute Gasteiger partial charge is 0.0843 e. The summed E-state index contributed by atoms with van der Waals surface area (Å²) >= 11 is 12.5. The number of rotatable bonds is 3. The van der Waals surface area contributed by atoms with E-state index in [-0.39, 0.29) is 0 Å². The van der Waals surface area contributed by atoms with Gasteiger partial charge in [0, 0.05) is 10.0 Å². The van der Waals surface area contributed by atoms with Gasteiger partial charge in [0.15, 0.2) is 0 Å². The van der Waals surface area contributed by atoms with E-state index < -0.39 is 0 Å². The molecule has 0 amide bonds. The van der Waals surface area contributed by atoms with Crippen molar-refractivity contribution in [2.45, 2.75) is 6.42 Å². The van der Waals surface area contributed by atoms with Gasteiger partial charge < -0.3 is 0 Å². The van der Waals surface area contributed by atoms with E-state index in [9.17, 15) is 0 Å². The number of halogens is 2. The normalized spacial score (nSPS) is 11.8. The summed E-state index contributed by atoms with van der Waals surface area (Å²) in [6, 6.07) is 38.2. The Bertz CT molecular complexity index is 1460. The van der Waals surface area contributed by atoms with Crippen molar-refractivity contribution in [2.75, 3.05) is 0 Å². The average Bonchev–Trinajstić information content (AvgIpc) is 3.23. The van der Waals surface area contributed by atoms with Gasteiger partial charge in [-0.1, -0.05) is 102 Å². The first-order valence-electron chi connectivity index (χ1n) is 11.0. The molecule has 5 aromatic carbocycles. The second kappa shape index (κ2) is 8.23. The van der Waals surface area contributed by atoms with E-state index >= 15 is 0 Å². The van der Waals surface area contributed by atoms with Crippen LogP contribution in [0.25, 0.3) is 44.5 Å². The molecule has 0 saturated heterocycles. The van der Waals surface area contributed by atoms with Crippen LogP contribution in [-0.2, 0) is 6.42 Å². The van der Waals surface area contributed by atoms with Crippen molar-refractivity contribution in [3.63, 3.8) is 0 Å². The summed E-state index contributed by atoms with van der Waals surface area (Å²) in [5.74, 6) is 0. The topological polar surface area (TPSA) is 0 Å². The molecule has 0 aliphatic heterocycles. The van der Waals surface area contributed by atoms with Crippen molar-refractivity contribution in [3.8, 4) is 44.5 Å². The van der Waals surface area contributed by atoms with Gasteiger partial charge in [-0.15, -0.1) is 0 Å². The Morgan fingerprint density at radius 3 is 1.73 bits per heavy atom. The Labute approximate surface area is 204 Å². The highest BCUT2D eigenvalue weighted by Crippen LogP contribution is 2.50. The molecule has 0 unspecified atom stereocenters. The monoisotopic (exact) mass is 462 g/mol. The van der Waals surface area contributed by atoms with Gasteiger partial charge >= 0.3 is 0 Å². The fourth-order valence-electron chi connectivity index (χ4n) is 4.97. The molecule has 0 radical (unpaired) electrons. The smallest absolute Gasteiger partial charge is 0.0406 e. The van der Waals surface area contributed by atoms with Gasteiger partial charge in [0.1, 0.15) is 0 Å². The summed E-state index contributed by atoms with van der Waals surface area (Å²) in [5.41, 5.74) is 12.6. The fraction of sp³-hybridized carbons (Fsp3) is 0.0323. The van der Waals surface area contributed by atoms with Crippen LogP contribution in [0, 0.1) is 0 Å². The molecule has 33 heavy (non-hydrogen) atoms. The van der Waals surface area contributed by atoms with Crippen molar-refractivity contribution in [1.29, 1.82) is 0 Å². The summed E-state index contributed by atoms with van der Waals surface area (Å²) < 4.78 is 0. The van der Waals surface area contributed by atoms with Crippen LogP contribution in [0.1, 0.15) is 11.1 Å². The van der Waals surface area contributed by atoms with Crippen LogP contribution in [0.5, 0.6) is 0 Å². The molecule has 1 aliphatic rings. The molecule has 158 valence electrons. The van der Waals surface area contributed by atoms with Crippen LogP contribution in [0.15, 0.2) is 109 Å². The molecule has 0 spiro atoms. The van der Waals surface area contributed by atoms with Crippen LogP contribution >= 0.6 is 23.2 Å². The average molecular weight is 463 g/mol. The first-order valence-corrected chi connectivity index (χ1v) is 11.8. The second-order valence-electron chi connectivity index (χ2n) is 8.41. The summed E-state index contributed by atoms with van der Waals surface area (Å²) in [5, 5.41) is 1.48. The Morgan fingerprint density at radius 1 is 0.455 bits per heavy atom. The van der Waals surface area contributed by atoms with Gasteiger partial charge in [-0.3, -0.25) is 0 Å². The van der Waals surface area contributed by atoms with Crippen LogP contribution in [0.3, 0.4) is 0 Å². The molecule has 5 aromatic rings. The molecule has 2 heteroatoms. The lowest BCUT2D eigenvalue weighted by Crippen LogP contribution is -1.97. The Morgan fingerprint density at radius 2 is 1.03 bits per heavy atom. The first kappa shape index (κ1) is 20.3. The van der Waals surface area contributed by atoms with E-state index in [1.165, 1.54) is 44.5 Å². The predicted molar refractivity (Wildman–Crippen MR) is 141 cm³/mol. The molecule has 0 atom stereocenters. The molecule has 0 heterocycles. The molecule has 0 aromatic heterocycles. The molecule has 0 fully saturated rings. The summed E-state index contributed by atoms with van der Waals surface area (Å²) in [6.45, 7) is 0. The van der Waals surface area contributed by atoms with E-state index in [0.717, 1.165) is 27.6 Å². The number of fused-ring (bicyclic) bond motifs is 3. The second-order valence-corrected chi connectivity index (χ2v) is 9.29. The van der Waals surface area contributed by atoms with Gasteiger partial charge in [-0.25, -0.2) is 0 Å². The van der Waals surface area contributed by atoms with Crippen molar-refractivity contribution < 1.29 is 0 Å².